The Labute approximate surface area is 133 Å². The van der Waals surface area contributed by atoms with Crippen LogP contribution in [0.2, 0.25) is 0 Å². The van der Waals surface area contributed by atoms with Crippen molar-refractivity contribution in [3.8, 4) is 5.75 Å². The van der Waals surface area contributed by atoms with Gasteiger partial charge in [0.05, 0.1) is 0 Å². The van der Waals surface area contributed by atoms with E-state index in [-0.39, 0.29) is 6.04 Å². The molecule has 0 saturated carbocycles. The van der Waals surface area contributed by atoms with E-state index in [1.54, 1.807) is 0 Å². The van der Waals surface area contributed by atoms with Crippen LogP contribution in [0.1, 0.15) is 31.0 Å². The van der Waals surface area contributed by atoms with Gasteiger partial charge in [-0.15, -0.1) is 0 Å². The molecule has 3 nitrogen and oxygen atoms in total. The minimum Gasteiger partial charge on any atom is -0.491 e. The van der Waals surface area contributed by atoms with Gasteiger partial charge in [-0.3, -0.25) is 0 Å². The fourth-order valence-corrected chi connectivity index (χ4v) is 2.25. The van der Waals surface area contributed by atoms with Gasteiger partial charge in [-0.2, -0.15) is 0 Å². The van der Waals surface area contributed by atoms with E-state index in [2.05, 4.69) is 43.4 Å². The summed E-state index contributed by atoms with van der Waals surface area (Å²) >= 11 is 0. The van der Waals surface area contributed by atoms with Gasteiger partial charge >= 0.3 is 0 Å². The highest BCUT2D eigenvalue weighted by Crippen LogP contribution is 2.13. The van der Waals surface area contributed by atoms with Crippen molar-refractivity contribution in [1.29, 1.82) is 0 Å². The van der Waals surface area contributed by atoms with Crippen LogP contribution >= 0.6 is 0 Å². The van der Waals surface area contributed by atoms with Crippen molar-refractivity contribution in [2.75, 3.05) is 13.2 Å². The van der Waals surface area contributed by atoms with Crippen molar-refractivity contribution in [3.63, 3.8) is 0 Å². The summed E-state index contributed by atoms with van der Waals surface area (Å²) in [6.45, 7) is 5.01. The highest BCUT2D eigenvalue weighted by atomic mass is 16.5. The molecular formula is C19H25NO2. The Morgan fingerprint density at radius 2 is 1.73 bits per heavy atom. The van der Waals surface area contributed by atoms with Gasteiger partial charge in [0.15, 0.2) is 0 Å². The van der Waals surface area contributed by atoms with Gasteiger partial charge in [0, 0.05) is 12.6 Å². The number of nitrogens with one attached hydrogen (secondary N) is 1. The third-order valence-corrected chi connectivity index (χ3v) is 3.73. The first-order valence-corrected chi connectivity index (χ1v) is 7.87. The molecule has 0 aliphatic carbocycles. The van der Waals surface area contributed by atoms with E-state index in [1.807, 2.05) is 30.3 Å². The molecule has 2 rings (SSSR count). The van der Waals surface area contributed by atoms with E-state index in [1.165, 1.54) is 11.1 Å². The molecule has 0 fully saturated rings. The predicted molar refractivity (Wildman–Crippen MR) is 90.2 cm³/mol. The van der Waals surface area contributed by atoms with Crippen molar-refractivity contribution in [1.82, 2.24) is 5.32 Å². The number of ether oxygens (including phenoxy) is 1. The Bertz CT molecular complexity index is 539. The normalized spacial score (nSPS) is 13.6. The van der Waals surface area contributed by atoms with Gasteiger partial charge in [0.2, 0.25) is 0 Å². The zero-order chi connectivity index (χ0) is 15.8. The summed E-state index contributed by atoms with van der Waals surface area (Å²) in [6, 6.07) is 18.4. The Morgan fingerprint density at radius 1 is 1.05 bits per heavy atom. The van der Waals surface area contributed by atoms with Crippen LogP contribution in [0.15, 0.2) is 54.6 Å². The zero-order valence-electron chi connectivity index (χ0n) is 13.3. The molecule has 2 atom stereocenters. The average molecular weight is 299 g/mol. The largest absolute Gasteiger partial charge is 0.491 e. The first kappa shape index (κ1) is 16.5. The summed E-state index contributed by atoms with van der Waals surface area (Å²) in [5.74, 6) is 0.798. The lowest BCUT2D eigenvalue weighted by Crippen LogP contribution is -2.33. The standard InChI is InChI=1S/C19H25NO2/c1-3-16-9-11-19(12-10-16)22-14-18(21)13-20-15(2)17-7-5-4-6-8-17/h4-12,15,18,20-21H,3,13-14H2,1-2H3/t15-,18-/m1/s1. The number of rotatable bonds is 8. The Hall–Kier alpha value is -1.84. The number of aliphatic hydroxyl groups excluding tert-OH is 1. The van der Waals surface area contributed by atoms with Gasteiger partial charge in [-0.25, -0.2) is 0 Å². The molecule has 0 aliphatic heterocycles. The molecular weight excluding hydrogens is 274 g/mol. The summed E-state index contributed by atoms with van der Waals surface area (Å²) in [4.78, 5) is 0. The lowest BCUT2D eigenvalue weighted by molar-refractivity contribution is 0.104. The molecule has 0 bridgehead atoms. The third kappa shape index (κ3) is 5.17. The maximum Gasteiger partial charge on any atom is 0.119 e. The SMILES string of the molecule is CCc1ccc(OC[C@H](O)CN[C@H](C)c2ccccc2)cc1. The van der Waals surface area contributed by atoms with Gasteiger partial charge in [-0.05, 0) is 36.6 Å². The van der Waals surface area contributed by atoms with Crippen LogP contribution in [0.5, 0.6) is 5.75 Å². The van der Waals surface area contributed by atoms with Gasteiger partial charge in [0.25, 0.3) is 0 Å². The van der Waals surface area contributed by atoms with E-state index < -0.39 is 6.10 Å². The number of aliphatic hydroxyl groups is 1. The van der Waals surface area contributed by atoms with Crippen LogP contribution in [0, 0.1) is 0 Å². The fraction of sp³-hybridized carbons (Fsp3) is 0.368. The molecule has 118 valence electrons. The molecule has 0 saturated heterocycles. The van der Waals surface area contributed by atoms with Crippen molar-refractivity contribution in [2.24, 2.45) is 0 Å². The lowest BCUT2D eigenvalue weighted by Gasteiger charge is -2.18. The molecule has 0 amide bonds. The first-order chi connectivity index (χ1) is 10.7. The van der Waals surface area contributed by atoms with Crippen LogP contribution < -0.4 is 10.1 Å². The quantitative estimate of drug-likeness (QED) is 0.785. The number of hydrogen-bond acceptors (Lipinski definition) is 3. The molecule has 0 spiro atoms. The highest BCUT2D eigenvalue weighted by Gasteiger charge is 2.09. The Balaban J connectivity index is 1.72. The van der Waals surface area contributed by atoms with Crippen molar-refractivity contribution in [3.05, 3.63) is 65.7 Å². The third-order valence-electron chi connectivity index (χ3n) is 3.73. The Morgan fingerprint density at radius 3 is 2.36 bits per heavy atom. The number of benzene rings is 2. The maximum absolute atomic E-state index is 10.0. The summed E-state index contributed by atoms with van der Waals surface area (Å²) in [6.07, 6.45) is 0.488. The second-order valence-corrected chi connectivity index (χ2v) is 5.50. The lowest BCUT2D eigenvalue weighted by atomic mass is 10.1. The van der Waals surface area contributed by atoms with Crippen LogP contribution in [0.25, 0.3) is 0 Å². The molecule has 0 unspecified atom stereocenters. The molecule has 2 N–H and O–H groups in total. The van der Waals surface area contributed by atoms with Crippen molar-refractivity contribution >= 4 is 0 Å². The maximum atomic E-state index is 10.0. The average Bonchev–Trinajstić information content (AvgIpc) is 2.59. The molecule has 3 heteroatoms. The number of hydrogen-bond donors (Lipinski definition) is 2. The second-order valence-electron chi connectivity index (χ2n) is 5.50. The van der Waals surface area contributed by atoms with E-state index in [4.69, 9.17) is 4.74 Å². The monoisotopic (exact) mass is 299 g/mol. The Kier molecular flexibility index (Phi) is 6.44. The summed E-state index contributed by atoms with van der Waals surface area (Å²) in [7, 11) is 0. The highest BCUT2D eigenvalue weighted by molar-refractivity contribution is 5.27. The van der Waals surface area contributed by atoms with E-state index >= 15 is 0 Å². The molecule has 22 heavy (non-hydrogen) atoms. The molecule has 0 aliphatic rings. The van der Waals surface area contributed by atoms with Crippen LogP contribution in [0.3, 0.4) is 0 Å². The predicted octanol–water partition coefficient (Wildman–Crippen LogP) is 3.34. The van der Waals surface area contributed by atoms with Crippen LogP contribution in [0.4, 0.5) is 0 Å². The molecule has 2 aromatic rings. The zero-order valence-corrected chi connectivity index (χ0v) is 13.3. The second kappa shape index (κ2) is 8.57. The van der Waals surface area contributed by atoms with Crippen LogP contribution in [-0.2, 0) is 6.42 Å². The van der Waals surface area contributed by atoms with Crippen molar-refractivity contribution < 1.29 is 9.84 Å². The molecule has 0 heterocycles. The van der Waals surface area contributed by atoms with E-state index in [0.717, 1.165) is 12.2 Å². The van der Waals surface area contributed by atoms with Gasteiger partial charge in [0.1, 0.15) is 18.5 Å². The van der Waals surface area contributed by atoms with Gasteiger partial charge in [-0.1, -0.05) is 49.4 Å². The smallest absolute Gasteiger partial charge is 0.119 e. The van der Waals surface area contributed by atoms with Crippen LogP contribution in [-0.4, -0.2) is 24.4 Å². The minimum absolute atomic E-state index is 0.208. The molecule has 0 aromatic heterocycles. The topological polar surface area (TPSA) is 41.5 Å². The minimum atomic E-state index is -0.531. The summed E-state index contributed by atoms with van der Waals surface area (Å²) in [5.41, 5.74) is 2.50. The van der Waals surface area contributed by atoms with E-state index in [0.29, 0.717) is 13.2 Å². The van der Waals surface area contributed by atoms with E-state index in [9.17, 15) is 5.11 Å². The fourth-order valence-electron chi connectivity index (χ4n) is 2.25. The summed E-state index contributed by atoms with van der Waals surface area (Å²) < 4.78 is 5.62. The van der Waals surface area contributed by atoms with Crippen molar-refractivity contribution in [2.45, 2.75) is 32.4 Å². The molecule has 2 aromatic carbocycles. The molecule has 0 radical (unpaired) electrons. The first-order valence-electron chi connectivity index (χ1n) is 7.87. The number of aryl methyl sites for hydroxylation is 1. The summed E-state index contributed by atoms with van der Waals surface area (Å²) in [5, 5.41) is 13.3. The van der Waals surface area contributed by atoms with Gasteiger partial charge < -0.3 is 15.2 Å².